The second-order valence-electron chi connectivity index (χ2n) is 3.52. The van der Waals surface area contributed by atoms with E-state index in [-0.39, 0.29) is 6.42 Å². The van der Waals surface area contributed by atoms with Gasteiger partial charge in [-0.2, -0.15) is 5.26 Å². The molecule has 1 aliphatic heterocycles. The zero-order valence-corrected chi connectivity index (χ0v) is 7.50. The number of alkyl halides is 1. The molecule has 0 aromatic heterocycles. The molecule has 1 heterocycles. The van der Waals surface area contributed by atoms with E-state index in [4.69, 9.17) is 15.1 Å². The highest BCUT2D eigenvalue weighted by molar-refractivity contribution is 5.01. The Morgan fingerprint density at radius 2 is 2.15 bits per heavy atom. The van der Waals surface area contributed by atoms with E-state index in [1.807, 2.05) is 0 Å². The molecule has 1 aliphatic rings. The van der Waals surface area contributed by atoms with Crippen molar-refractivity contribution >= 4 is 0 Å². The molecular formula is C9H14FNO2. The summed E-state index contributed by atoms with van der Waals surface area (Å²) in [6.45, 7) is 0.295. The van der Waals surface area contributed by atoms with Gasteiger partial charge in [-0.05, 0) is 19.3 Å². The molecule has 74 valence electrons. The first kappa shape index (κ1) is 10.4. The maximum atomic E-state index is 12.1. The lowest BCUT2D eigenvalue weighted by molar-refractivity contribution is 0.00929. The molecule has 1 N–H and O–H groups in total. The van der Waals surface area contributed by atoms with Crippen LogP contribution in [0.15, 0.2) is 0 Å². The molecule has 0 spiro atoms. The van der Waals surface area contributed by atoms with Crippen molar-refractivity contribution in [1.82, 2.24) is 0 Å². The zero-order valence-electron chi connectivity index (χ0n) is 7.50. The van der Waals surface area contributed by atoms with E-state index in [0.29, 0.717) is 26.1 Å². The molecule has 0 aromatic rings. The Kier molecular flexibility index (Phi) is 3.64. The number of nitrogens with zero attached hydrogens (tertiary/aromatic N) is 1. The topological polar surface area (TPSA) is 53.2 Å². The standard InChI is InChI=1S/C9H14FNO2/c10-6-8(12)5-9(7-11)1-3-13-4-2-9/h8,12H,1-6H2. The smallest absolute Gasteiger partial charge is 0.115 e. The van der Waals surface area contributed by atoms with Crippen LogP contribution in [-0.4, -0.2) is 31.1 Å². The van der Waals surface area contributed by atoms with Crippen LogP contribution < -0.4 is 0 Å². The lowest BCUT2D eigenvalue weighted by atomic mass is 9.77. The van der Waals surface area contributed by atoms with Gasteiger partial charge in [0.15, 0.2) is 0 Å². The van der Waals surface area contributed by atoms with Gasteiger partial charge >= 0.3 is 0 Å². The predicted octanol–water partition coefficient (Wildman–Crippen LogP) is 1.03. The van der Waals surface area contributed by atoms with Gasteiger partial charge in [0.1, 0.15) is 6.67 Å². The van der Waals surface area contributed by atoms with Crippen LogP contribution in [0.5, 0.6) is 0 Å². The molecular weight excluding hydrogens is 173 g/mol. The number of aliphatic hydroxyl groups is 1. The highest BCUT2D eigenvalue weighted by Crippen LogP contribution is 2.34. The number of hydrogen-bond acceptors (Lipinski definition) is 3. The summed E-state index contributed by atoms with van der Waals surface area (Å²) in [5.74, 6) is 0. The maximum Gasteiger partial charge on any atom is 0.115 e. The molecule has 4 heteroatoms. The van der Waals surface area contributed by atoms with Crippen molar-refractivity contribution in [3.63, 3.8) is 0 Å². The number of ether oxygens (including phenoxy) is 1. The number of halogens is 1. The van der Waals surface area contributed by atoms with Gasteiger partial charge in [-0.25, -0.2) is 4.39 Å². The van der Waals surface area contributed by atoms with Crippen LogP contribution in [-0.2, 0) is 4.74 Å². The third-order valence-corrected chi connectivity index (χ3v) is 2.49. The minimum atomic E-state index is -1.00. The van der Waals surface area contributed by atoms with Crippen molar-refractivity contribution < 1.29 is 14.2 Å². The van der Waals surface area contributed by atoms with E-state index < -0.39 is 18.2 Å². The summed E-state index contributed by atoms with van der Waals surface area (Å²) in [5, 5.41) is 18.1. The molecule has 13 heavy (non-hydrogen) atoms. The van der Waals surface area contributed by atoms with Crippen molar-refractivity contribution in [2.45, 2.75) is 25.4 Å². The fourth-order valence-corrected chi connectivity index (χ4v) is 1.63. The lowest BCUT2D eigenvalue weighted by Crippen LogP contribution is -2.32. The van der Waals surface area contributed by atoms with Crippen LogP contribution in [0.1, 0.15) is 19.3 Å². The van der Waals surface area contributed by atoms with Gasteiger partial charge in [-0.1, -0.05) is 0 Å². The first-order chi connectivity index (χ1) is 6.22. The lowest BCUT2D eigenvalue weighted by Gasteiger charge is -2.31. The quantitative estimate of drug-likeness (QED) is 0.717. The van der Waals surface area contributed by atoms with Crippen LogP contribution in [0.25, 0.3) is 0 Å². The van der Waals surface area contributed by atoms with E-state index in [0.717, 1.165) is 0 Å². The Hall–Kier alpha value is -0.660. The number of nitriles is 1. The predicted molar refractivity (Wildman–Crippen MR) is 44.7 cm³/mol. The maximum absolute atomic E-state index is 12.1. The summed E-state index contributed by atoms with van der Waals surface area (Å²) in [5.41, 5.74) is -0.566. The molecule has 0 radical (unpaired) electrons. The molecule has 1 saturated heterocycles. The number of hydrogen-bond donors (Lipinski definition) is 1. The van der Waals surface area contributed by atoms with Crippen LogP contribution in [0.2, 0.25) is 0 Å². The van der Waals surface area contributed by atoms with E-state index in [2.05, 4.69) is 6.07 Å². The molecule has 0 saturated carbocycles. The molecule has 1 atom stereocenters. The van der Waals surface area contributed by atoms with Crippen molar-refractivity contribution in [3.05, 3.63) is 0 Å². The van der Waals surface area contributed by atoms with E-state index >= 15 is 0 Å². The molecule has 1 fully saturated rings. The highest BCUT2D eigenvalue weighted by Gasteiger charge is 2.34. The van der Waals surface area contributed by atoms with E-state index in [1.54, 1.807) is 0 Å². The summed E-state index contributed by atoms with van der Waals surface area (Å²) >= 11 is 0. The molecule has 1 rings (SSSR count). The third-order valence-electron chi connectivity index (χ3n) is 2.49. The second kappa shape index (κ2) is 4.54. The highest BCUT2D eigenvalue weighted by atomic mass is 19.1. The largest absolute Gasteiger partial charge is 0.390 e. The Bertz CT molecular complexity index is 196. The van der Waals surface area contributed by atoms with Crippen molar-refractivity contribution in [2.24, 2.45) is 5.41 Å². The first-order valence-electron chi connectivity index (χ1n) is 4.45. The van der Waals surface area contributed by atoms with Crippen LogP contribution in [0, 0.1) is 16.7 Å². The Balaban J connectivity index is 2.53. The fourth-order valence-electron chi connectivity index (χ4n) is 1.63. The van der Waals surface area contributed by atoms with Crippen molar-refractivity contribution in [3.8, 4) is 6.07 Å². The Morgan fingerprint density at radius 3 is 2.62 bits per heavy atom. The summed E-state index contributed by atoms with van der Waals surface area (Å²) in [6.07, 6.45) is 0.419. The van der Waals surface area contributed by atoms with Gasteiger partial charge in [-0.15, -0.1) is 0 Å². The van der Waals surface area contributed by atoms with Gasteiger partial charge in [0.05, 0.1) is 17.6 Å². The van der Waals surface area contributed by atoms with E-state index in [9.17, 15) is 4.39 Å². The van der Waals surface area contributed by atoms with Gasteiger partial charge in [0, 0.05) is 13.2 Å². The molecule has 0 bridgehead atoms. The summed E-state index contributed by atoms with van der Waals surface area (Å²) in [6, 6.07) is 2.18. The number of rotatable bonds is 3. The minimum absolute atomic E-state index is 0.226. The van der Waals surface area contributed by atoms with Gasteiger partial charge in [-0.3, -0.25) is 0 Å². The Labute approximate surface area is 77.1 Å². The summed E-state index contributed by atoms with van der Waals surface area (Å²) < 4.78 is 17.2. The van der Waals surface area contributed by atoms with Crippen molar-refractivity contribution in [2.75, 3.05) is 19.9 Å². The van der Waals surface area contributed by atoms with Gasteiger partial charge in [0.2, 0.25) is 0 Å². The van der Waals surface area contributed by atoms with Crippen LogP contribution in [0.3, 0.4) is 0 Å². The van der Waals surface area contributed by atoms with Crippen LogP contribution in [0.4, 0.5) is 4.39 Å². The van der Waals surface area contributed by atoms with Gasteiger partial charge in [0.25, 0.3) is 0 Å². The first-order valence-corrected chi connectivity index (χ1v) is 4.45. The minimum Gasteiger partial charge on any atom is -0.390 e. The fraction of sp³-hybridized carbons (Fsp3) is 0.889. The third kappa shape index (κ3) is 2.64. The monoisotopic (exact) mass is 187 g/mol. The van der Waals surface area contributed by atoms with E-state index in [1.165, 1.54) is 0 Å². The summed E-state index contributed by atoms with van der Waals surface area (Å²) in [4.78, 5) is 0. The molecule has 0 aliphatic carbocycles. The Morgan fingerprint density at radius 1 is 1.54 bits per heavy atom. The molecule has 1 unspecified atom stereocenters. The second-order valence-corrected chi connectivity index (χ2v) is 3.52. The average Bonchev–Trinajstić information content (AvgIpc) is 2.19. The normalized spacial score (nSPS) is 23.5. The number of aliphatic hydroxyl groups excluding tert-OH is 1. The van der Waals surface area contributed by atoms with Crippen molar-refractivity contribution in [1.29, 1.82) is 5.26 Å². The van der Waals surface area contributed by atoms with Crippen LogP contribution >= 0.6 is 0 Å². The molecule has 0 amide bonds. The SMILES string of the molecule is N#CC1(CC(O)CF)CCOCC1. The van der Waals surface area contributed by atoms with Gasteiger partial charge < -0.3 is 9.84 Å². The zero-order chi connectivity index (χ0) is 9.73. The average molecular weight is 187 g/mol. The summed E-state index contributed by atoms with van der Waals surface area (Å²) in [7, 11) is 0. The molecule has 3 nitrogen and oxygen atoms in total. The molecule has 0 aromatic carbocycles.